The highest BCUT2D eigenvalue weighted by Crippen LogP contribution is 2.42. The lowest BCUT2D eigenvalue weighted by atomic mass is 9.93. The zero-order valence-electron chi connectivity index (χ0n) is 30.0. The maximum absolute atomic E-state index is 14.0. The highest BCUT2D eigenvalue weighted by molar-refractivity contribution is 8.12. The number of hydrogen-bond donors (Lipinski definition) is 2. The van der Waals surface area contributed by atoms with E-state index < -0.39 is 5.30 Å². The topological polar surface area (TPSA) is 155 Å². The number of anilines is 1. The van der Waals surface area contributed by atoms with Crippen LogP contribution in [0.25, 0.3) is 0 Å². The number of imide groups is 1. The molecule has 4 rings (SSSR count). The fraction of sp³-hybridized carbons (Fsp3) is 0.556. The number of hydrogen-bond acceptors (Lipinski definition) is 11. The first-order chi connectivity index (χ1) is 24.0. The van der Waals surface area contributed by atoms with Crippen LogP contribution in [0.1, 0.15) is 61.6 Å². The quantitative estimate of drug-likeness (QED) is 0.224. The molecule has 0 aliphatic carbocycles. The molecule has 276 valence electrons. The summed E-state index contributed by atoms with van der Waals surface area (Å²) in [5.74, 6) is 1.36. The molecular weight excluding hydrogens is 662 g/mol. The van der Waals surface area contributed by atoms with E-state index in [1.165, 1.54) is 11.2 Å². The Labute approximate surface area is 300 Å². The lowest BCUT2D eigenvalue weighted by molar-refractivity contribution is -0.138. The minimum absolute atomic E-state index is 0.0113. The third-order valence-corrected chi connectivity index (χ3v) is 9.15. The highest BCUT2D eigenvalue weighted by atomic mass is 32.2. The van der Waals surface area contributed by atoms with Crippen molar-refractivity contribution in [3.05, 3.63) is 53.1 Å². The van der Waals surface area contributed by atoms with E-state index in [1.54, 1.807) is 7.11 Å². The van der Waals surface area contributed by atoms with E-state index >= 15 is 0 Å². The number of methoxy groups -OCH3 is 1. The summed E-state index contributed by atoms with van der Waals surface area (Å²) < 4.78 is 16.9. The molecule has 13 nitrogen and oxygen atoms in total. The lowest BCUT2D eigenvalue weighted by Gasteiger charge is -2.29. The van der Waals surface area contributed by atoms with Crippen molar-refractivity contribution in [1.29, 1.82) is 0 Å². The Balaban J connectivity index is 0.00000126. The van der Waals surface area contributed by atoms with Gasteiger partial charge in [-0.3, -0.25) is 24.2 Å². The Morgan fingerprint density at radius 2 is 1.88 bits per heavy atom. The van der Waals surface area contributed by atoms with Crippen LogP contribution in [0, 0.1) is 0 Å². The summed E-state index contributed by atoms with van der Waals surface area (Å²) in [5.41, 5.74) is 9.76. The van der Waals surface area contributed by atoms with Gasteiger partial charge >= 0.3 is 5.30 Å². The predicted molar refractivity (Wildman–Crippen MR) is 195 cm³/mol. The molecule has 3 N–H and O–H groups in total. The van der Waals surface area contributed by atoms with Crippen LogP contribution in [0.5, 0.6) is 11.5 Å². The molecule has 14 heteroatoms. The van der Waals surface area contributed by atoms with Gasteiger partial charge in [0.1, 0.15) is 0 Å². The molecule has 0 spiro atoms. The zero-order valence-corrected chi connectivity index (χ0v) is 30.8. The van der Waals surface area contributed by atoms with Gasteiger partial charge in [-0.1, -0.05) is 25.5 Å². The zero-order chi connectivity index (χ0) is 36.6. The Bertz CT molecular complexity index is 1430. The van der Waals surface area contributed by atoms with E-state index in [2.05, 4.69) is 17.9 Å². The van der Waals surface area contributed by atoms with E-state index in [1.807, 2.05) is 54.2 Å². The molecule has 0 radical (unpaired) electrons. The number of thioether (sulfide) groups is 1. The van der Waals surface area contributed by atoms with Crippen LogP contribution in [0.2, 0.25) is 0 Å². The second-order valence-electron chi connectivity index (χ2n) is 12.6. The maximum atomic E-state index is 14.0. The molecule has 0 bridgehead atoms. The van der Waals surface area contributed by atoms with Gasteiger partial charge in [0, 0.05) is 63.5 Å². The van der Waals surface area contributed by atoms with E-state index in [0.29, 0.717) is 63.7 Å². The van der Waals surface area contributed by atoms with Gasteiger partial charge in [-0.05, 0) is 92.7 Å². The van der Waals surface area contributed by atoms with E-state index in [4.69, 9.17) is 25.1 Å². The van der Waals surface area contributed by atoms with Crippen molar-refractivity contribution in [2.45, 2.75) is 64.1 Å². The van der Waals surface area contributed by atoms with Gasteiger partial charge in [0.15, 0.2) is 11.5 Å². The van der Waals surface area contributed by atoms with Crippen molar-refractivity contribution in [3.8, 4) is 11.5 Å². The van der Waals surface area contributed by atoms with Gasteiger partial charge < -0.3 is 34.9 Å². The number of carboxylic acid groups (broad SMARTS) is 1. The molecule has 2 aromatic rings. The molecule has 1 saturated heterocycles. The molecule has 50 heavy (non-hydrogen) atoms. The van der Waals surface area contributed by atoms with E-state index in [9.17, 15) is 19.2 Å². The number of amides is 3. The van der Waals surface area contributed by atoms with Crippen molar-refractivity contribution in [3.63, 3.8) is 0 Å². The van der Waals surface area contributed by atoms with Gasteiger partial charge in [0.2, 0.25) is 25.0 Å². The SMILES string of the molecule is CCCCN(C(=O)CN1C[C@H](c2cc(COC)c3c(c2)OCO3)C[C@@H]1CCN(C=O)C(=O)CCN(C)C)c1cccc(CN)c1.CSC(=O)O. The number of carbonyl (C=O) groups excluding carboxylic acids is 3. The average molecular weight is 716 g/mol. The second-order valence-corrected chi connectivity index (χ2v) is 13.4. The highest BCUT2D eigenvalue weighted by Gasteiger charge is 2.36. The minimum atomic E-state index is -0.829. The second kappa shape index (κ2) is 20.9. The normalized spacial score (nSPS) is 16.5. The van der Waals surface area contributed by atoms with Gasteiger partial charge in [-0.15, -0.1) is 0 Å². The van der Waals surface area contributed by atoms with Crippen molar-refractivity contribution < 1.29 is 38.5 Å². The van der Waals surface area contributed by atoms with Crippen molar-refractivity contribution in [2.24, 2.45) is 5.73 Å². The average Bonchev–Trinajstić information content (AvgIpc) is 3.75. The Kier molecular flexibility index (Phi) is 17.0. The molecule has 0 unspecified atom stereocenters. The smallest absolute Gasteiger partial charge is 0.364 e. The molecule has 2 aromatic carbocycles. The summed E-state index contributed by atoms with van der Waals surface area (Å²) in [6, 6.07) is 12.0. The summed E-state index contributed by atoms with van der Waals surface area (Å²) in [5, 5.41) is 6.86. The Morgan fingerprint density at radius 3 is 2.52 bits per heavy atom. The molecule has 3 amide bonds. The fourth-order valence-electron chi connectivity index (χ4n) is 6.14. The van der Waals surface area contributed by atoms with Gasteiger partial charge in [0.25, 0.3) is 0 Å². The number of unbranched alkanes of at least 4 members (excludes halogenated alkanes) is 1. The summed E-state index contributed by atoms with van der Waals surface area (Å²) in [7, 11) is 5.45. The summed E-state index contributed by atoms with van der Waals surface area (Å²) in [6.07, 6.45) is 5.61. The molecule has 0 aromatic heterocycles. The molecule has 2 aliphatic heterocycles. The number of carbonyl (C=O) groups is 4. The fourth-order valence-corrected chi connectivity index (χ4v) is 6.14. The summed E-state index contributed by atoms with van der Waals surface area (Å²) in [6.45, 7) is 5.45. The van der Waals surface area contributed by atoms with Crippen molar-refractivity contribution >= 4 is 41.0 Å². The van der Waals surface area contributed by atoms with Crippen LogP contribution in [0.3, 0.4) is 0 Å². The largest absolute Gasteiger partial charge is 0.473 e. The number of fused-ring (bicyclic) bond motifs is 1. The number of likely N-dealkylation sites (tertiary alicyclic amines) is 1. The monoisotopic (exact) mass is 715 g/mol. The van der Waals surface area contributed by atoms with Crippen LogP contribution >= 0.6 is 11.8 Å². The van der Waals surface area contributed by atoms with Crippen LogP contribution in [-0.4, -0.2) is 116 Å². The number of rotatable bonds is 17. The van der Waals surface area contributed by atoms with Crippen LogP contribution < -0.4 is 20.1 Å². The summed E-state index contributed by atoms with van der Waals surface area (Å²) >= 11 is 0.796. The molecular formula is C36H53N5O8S. The Hall–Kier alpha value is -3.69. The van der Waals surface area contributed by atoms with Crippen molar-refractivity contribution in [1.82, 2.24) is 14.7 Å². The lowest BCUT2D eigenvalue weighted by Crippen LogP contribution is -2.44. The number of nitrogens with two attached hydrogens (primary N) is 1. The molecule has 0 saturated carbocycles. The van der Waals surface area contributed by atoms with Gasteiger partial charge in [-0.25, -0.2) is 4.79 Å². The van der Waals surface area contributed by atoms with E-state index in [-0.39, 0.29) is 43.5 Å². The third-order valence-electron chi connectivity index (χ3n) is 8.80. The summed E-state index contributed by atoms with van der Waals surface area (Å²) in [4.78, 5) is 55.3. The molecule has 2 heterocycles. The van der Waals surface area contributed by atoms with Crippen molar-refractivity contribution in [2.75, 3.05) is 71.9 Å². The maximum Gasteiger partial charge on any atom is 0.364 e. The Morgan fingerprint density at radius 1 is 1.12 bits per heavy atom. The number of nitrogens with zero attached hydrogens (tertiary/aromatic N) is 4. The predicted octanol–water partition coefficient (Wildman–Crippen LogP) is 4.37. The molecule has 1 fully saturated rings. The first kappa shape index (κ1) is 40.7. The first-order valence-corrected chi connectivity index (χ1v) is 18.2. The third kappa shape index (κ3) is 12.0. The minimum Gasteiger partial charge on any atom is -0.473 e. The van der Waals surface area contributed by atoms with Crippen LogP contribution in [-0.2, 0) is 32.3 Å². The van der Waals surface area contributed by atoms with Gasteiger partial charge in [-0.2, -0.15) is 0 Å². The number of ether oxygens (including phenoxy) is 3. The van der Waals surface area contributed by atoms with Gasteiger partial charge in [0.05, 0.1) is 13.2 Å². The molecule has 2 aliphatic rings. The van der Waals surface area contributed by atoms with E-state index in [0.717, 1.165) is 53.4 Å². The molecule has 2 atom stereocenters. The van der Waals surface area contributed by atoms with Crippen LogP contribution in [0.15, 0.2) is 36.4 Å². The number of benzene rings is 2. The standard InChI is InChI=1S/C34H49N5O6.C2H4O2S/c1-5-6-12-39(30-9-7-8-25(15-30)19-35)33(42)21-38-20-27(26-16-28(22-43-4)34-31(18-26)44-24-45-34)17-29(38)10-14-37(23-40)32(41)11-13-36(2)3;1-5-2(3)4/h7-9,15-16,18,23,27,29H,5-6,10-14,17,19-22,24,35H2,1-4H3;1H3,(H,3,4)/t27-,29+;/m1./s1. The first-order valence-electron chi connectivity index (χ1n) is 17.0. The van der Waals surface area contributed by atoms with Crippen LogP contribution in [0.4, 0.5) is 10.5 Å².